The van der Waals surface area contributed by atoms with Crippen LogP contribution in [-0.2, 0) is 9.63 Å². The summed E-state index contributed by atoms with van der Waals surface area (Å²) in [7, 11) is 0. The highest BCUT2D eigenvalue weighted by molar-refractivity contribution is 6.39. The molecule has 1 aromatic heterocycles. The predicted molar refractivity (Wildman–Crippen MR) is 101 cm³/mol. The fourth-order valence-electron chi connectivity index (χ4n) is 3.61. The van der Waals surface area contributed by atoms with Gasteiger partial charge in [-0.2, -0.15) is 0 Å². The summed E-state index contributed by atoms with van der Waals surface area (Å²) in [4.78, 5) is 32.2. The molecule has 0 aliphatic carbocycles. The Balaban J connectivity index is 1.30. The van der Waals surface area contributed by atoms with Crippen LogP contribution in [0.25, 0.3) is 0 Å². The first-order valence-electron chi connectivity index (χ1n) is 9.34. The molecule has 2 aliphatic rings. The summed E-state index contributed by atoms with van der Waals surface area (Å²) < 4.78 is 4.93. The van der Waals surface area contributed by atoms with Crippen LogP contribution < -0.4 is 5.32 Å². The number of rotatable bonds is 5. The van der Waals surface area contributed by atoms with E-state index >= 15 is 0 Å². The normalized spacial score (nSPS) is 22.0. The van der Waals surface area contributed by atoms with Gasteiger partial charge in [-0.1, -0.05) is 47.6 Å². The van der Waals surface area contributed by atoms with E-state index < -0.39 is 5.60 Å². The number of benzene rings is 1. The maximum atomic E-state index is 12.5. The molecule has 8 nitrogen and oxygen atoms in total. The number of carbonyl (C=O) groups excluding carboxylic acids is 2. The highest BCUT2D eigenvalue weighted by atomic mass is 16.7. The van der Waals surface area contributed by atoms with Gasteiger partial charge in [0.05, 0.1) is 12.7 Å². The van der Waals surface area contributed by atoms with E-state index in [1.807, 2.05) is 30.3 Å². The molecule has 2 amide bonds. The van der Waals surface area contributed by atoms with Crippen molar-refractivity contribution in [3.05, 3.63) is 53.9 Å². The summed E-state index contributed by atoms with van der Waals surface area (Å²) in [5, 5.41) is 10.5. The third-order valence-electron chi connectivity index (χ3n) is 5.29. The fraction of sp³-hybridized carbons (Fsp3) is 0.400. The van der Waals surface area contributed by atoms with Gasteiger partial charge in [-0.25, -0.2) is 0 Å². The molecule has 4 rings (SSSR count). The first kappa shape index (κ1) is 18.2. The lowest BCUT2D eigenvalue weighted by Crippen LogP contribution is -2.39. The van der Waals surface area contributed by atoms with Crippen LogP contribution in [0.3, 0.4) is 0 Å². The van der Waals surface area contributed by atoms with Crippen molar-refractivity contribution in [2.24, 2.45) is 5.16 Å². The molecule has 8 heteroatoms. The van der Waals surface area contributed by atoms with Crippen LogP contribution in [0.5, 0.6) is 0 Å². The Morgan fingerprint density at radius 3 is 2.86 bits per heavy atom. The molecule has 1 N–H and O–H groups in total. The van der Waals surface area contributed by atoms with Crippen molar-refractivity contribution < 1.29 is 18.9 Å². The molecule has 28 heavy (non-hydrogen) atoms. The van der Waals surface area contributed by atoms with Gasteiger partial charge in [-0.05, 0) is 11.5 Å². The number of likely N-dealkylation sites (tertiary alicyclic amines) is 1. The summed E-state index contributed by atoms with van der Waals surface area (Å²) in [6.07, 6.45) is 2.44. The molecule has 1 spiro atoms. The van der Waals surface area contributed by atoms with Crippen LogP contribution in [0.2, 0.25) is 0 Å². The van der Waals surface area contributed by atoms with Gasteiger partial charge in [0, 0.05) is 32.0 Å². The predicted octanol–water partition coefficient (Wildman–Crippen LogP) is 1.96. The van der Waals surface area contributed by atoms with Crippen molar-refractivity contribution >= 4 is 17.5 Å². The second kappa shape index (κ2) is 7.46. The lowest BCUT2D eigenvalue weighted by molar-refractivity contribution is -0.115. The monoisotopic (exact) mass is 382 g/mol. The van der Waals surface area contributed by atoms with E-state index in [9.17, 15) is 9.59 Å². The lowest BCUT2D eigenvalue weighted by atomic mass is 9.96. The topological polar surface area (TPSA) is 97.0 Å². The molecular formula is C20H22N4O4. The van der Waals surface area contributed by atoms with Crippen LogP contribution in [0.4, 0.5) is 0 Å². The number of amides is 2. The number of nitrogens with one attached hydrogen (secondary N) is 1. The zero-order valence-corrected chi connectivity index (χ0v) is 15.6. The zero-order chi connectivity index (χ0) is 19.6. The second-order valence-electron chi connectivity index (χ2n) is 7.36. The molecule has 0 unspecified atom stereocenters. The van der Waals surface area contributed by atoms with Gasteiger partial charge >= 0.3 is 0 Å². The van der Waals surface area contributed by atoms with Crippen molar-refractivity contribution in [2.75, 3.05) is 19.6 Å². The summed E-state index contributed by atoms with van der Waals surface area (Å²) in [6, 6.07) is 11.6. The largest absolute Gasteiger partial charge is 0.386 e. The second-order valence-corrected chi connectivity index (χ2v) is 7.36. The number of hydrogen-bond donors (Lipinski definition) is 1. The molecule has 0 bridgehead atoms. The van der Waals surface area contributed by atoms with E-state index in [2.05, 4.69) is 22.6 Å². The van der Waals surface area contributed by atoms with E-state index in [1.165, 1.54) is 17.8 Å². The maximum Gasteiger partial charge on any atom is 0.292 e. The van der Waals surface area contributed by atoms with Crippen LogP contribution >= 0.6 is 0 Å². The lowest BCUT2D eigenvalue weighted by Gasteiger charge is -2.21. The van der Waals surface area contributed by atoms with Crippen molar-refractivity contribution in [3.63, 3.8) is 0 Å². The number of hydrogen-bond acceptors (Lipinski definition) is 6. The van der Waals surface area contributed by atoms with E-state index in [0.29, 0.717) is 38.2 Å². The smallest absolute Gasteiger partial charge is 0.292 e. The highest BCUT2D eigenvalue weighted by Gasteiger charge is 2.48. The molecule has 1 aromatic carbocycles. The maximum absolute atomic E-state index is 12.5. The Morgan fingerprint density at radius 1 is 1.29 bits per heavy atom. The van der Waals surface area contributed by atoms with Crippen molar-refractivity contribution in [3.8, 4) is 0 Å². The van der Waals surface area contributed by atoms with Crippen LogP contribution in [-0.4, -0.2) is 52.8 Å². The molecule has 2 aliphatic heterocycles. The number of oxime groups is 1. The first-order valence-corrected chi connectivity index (χ1v) is 9.34. The molecule has 146 valence electrons. The summed E-state index contributed by atoms with van der Waals surface area (Å²) in [5.41, 5.74) is 0.906. The summed E-state index contributed by atoms with van der Waals surface area (Å²) >= 11 is 0. The minimum atomic E-state index is -0.632. The van der Waals surface area contributed by atoms with Gasteiger partial charge < -0.3 is 19.6 Å². The van der Waals surface area contributed by atoms with E-state index in [1.54, 1.807) is 4.90 Å². The van der Waals surface area contributed by atoms with Gasteiger partial charge in [0.15, 0.2) is 5.60 Å². The average Bonchev–Trinajstić information content (AvgIpc) is 3.48. The Hall–Kier alpha value is -3.16. The van der Waals surface area contributed by atoms with Gasteiger partial charge in [-0.15, -0.1) is 0 Å². The Bertz CT molecular complexity index is 881. The standard InChI is InChI=1S/C20H22N4O4/c1-14(15-5-3-2-4-6-15)12-21-18(25)16-11-20(28-23-16)8-10-24(13-20)19(26)17-7-9-22-27-17/h2-7,9,14H,8,10-13H2,1H3,(H,21,25)/t14-,20-/m1/s1. The fourth-order valence-corrected chi connectivity index (χ4v) is 3.61. The number of nitrogens with zero attached hydrogens (tertiary/aromatic N) is 3. The third kappa shape index (κ3) is 3.62. The summed E-state index contributed by atoms with van der Waals surface area (Å²) in [6.45, 7) is 3.47. The van der Waals surface area contributed by atoms with Crippen LogP contribution in [0, 0.1) is 0 Å². The van der Waals surface area contributed by atoms with Crippen LogP contribution in [0.15, 0.2) is 52.3 Å². The molecule has 0 saturated carbocycles. The quantitative estimate of drug-likeness (QED) is 0.853. The van der Waals surface area contributed by atoms with E-state index in [-0.39, 0.29) is 23.5 Å². The average molecular weight is 382 g/mol. The highest BCUT2D eigenvalue weighted by Crippen LogP contribution is 2.34. The molecular weight excluding hydrogens is 360 g/mol. The van der Waals surface area contributed by atoms with Gasteiger partial charge in [0.2, 0.25) is 5.76 Å². The molecule has 0 radical (unpaired) electrons. The molecule has 2 aromatic rings. The van der Waals surface area contributed by atoms with Gasteiger partial charge in [0.1, 0.15) is 5.71 Å². The Kier molecular flexibility index (Phi) is 4.85. The Morgan fingerprint density at radius 2 is 2.11 bits per heavy atom. The molecule has 1 saturated heterocycles. The first-order chi connectivity index (χ1) is 13.6. The Labute approximate surface area is 162 Å². The van der Waals surface area contributed by atoms with Crippen molar-refractivity contribution in [1.29, 1.82) is 0 Å². The molecule has 2 atom stereocenters. The van der Waals surface area contributed by atoms with E-state index in [4.69, 9.17) is 9.36 Å². The van der Waals surface area contributed by atoms with Gasteiger partial charge in [-0.3, -0.25) is 9.59 Å². The molecule has 1 fully saturated rings. The minimum absolute atomic E-state index is 0.198. The third-order valence-corrected chi connectivity index (χ3v) is 5.29. The minimum Gasteiger partial charge on any atom is -0.386 e. The number of aromatic nitrogens is 1. The zero-order valence-electron chi connectivity index (χ0n) is 15.6. The van der Waals surface area contributed by atoms with Crippen molar-refractivity contribution in [1.82, 2.24) is 15.4 Å². The van der Waals surface area contributed by atoms with E-state index in [0.717, 1.165) is 0 Å². The van der Waals surface area contributed by atoms with Crippen LogP contribution in [0.1, 0.15) is 41.8 Å². The number of carbonyl (C=O) groups is 2. The summed E-state index contributed by atoms with van der Waals surface area (Å²) in [5.74, 6) is -0.0559. The van der Waals surface area contributed by atoms with Gasteiger partial charge in [0.25, 0.3) is 11.8 Å². The van der Waals surface area contributed by atoms with Crippen molar-refractivity contribution in [2.45, 2.75) is 31.3 Å². The SMILES string of the molecule is C[C@H](CNC(=O)C1=NO[C@]2(CCN(C(=O)c3ccno3)C2)C1)c1ccccc1. The molecule has 3 heterocycles.